The summed E-state index contributed by atoms with van der Waals surface area (Å²) in [6.45, 7) is 7.26. The standard InChI is InChI=1S/C14H21F2N/c1-4-10(3)14(17-5-2)9-11-6-7-12(15)13(16)8-11/h6-8,10,14,17H,4-5,9H2,1-3H3. The van der Waals surface area contributed by atoms with Crippen LogP contribution in [0.2, 0.25) is 0 Å². The van der Waals surface area contributed by atoms with Crippen LogP contribution in [0.1, 0.15) is 32.8 Å². The molecule has 0 heterocycles. The van der Waals surface area contributed by atoms with E-state index in [0.717, 1.165) is 24.9 Å². The summed E-state index contributed by atoms with van der Waals surface area (Å²) in [6, 6.07) is 4.46. The van der Waals surface area contributed by atoms with Gasteiger partial charge in [0.1, 0.15) is 0 Å². The van der Waals surface area contributed by atoms with Gasteiger partial charge in [0.25, 0.3) is 0 Å². The molecule has 0 bridgehead atoms. The van der Waals surface area contributed by atoms with Crippen LogP contribution in [0.4, 0.5) is 8.78 Å². The molecule has 0 aliphatic heterocycles. The van der Waals surface area contributed by atoms with Gasteiger partial charge in [0.05, 0.1) is 0 Å². The third kappa shape index (κ3) is 4.08. The fraction of sp³-hybridized carbons (Fsp3) is 0.571. The van der Waals surface area contributed by atoms with Gasteiger partial charge < -0.3 is 5.32 Å². The lowest BCUT2D eigenvalue weighted by Gasteiger charge is -2.24. The van der Waals surface area contributed by atoms with Crippen molar-refractivity contribution in [3.05, 3.63) is 35.4 Å². The van der Waals surface area contributed by atoms with Crippen molar-refractivity contribution in [3.63, 3.8) is 0 Å². The first kappa shape index (κ1) is 14.1. The largest absolute Gasteiger partial charge is 0.314 e. The Balaban J connectivity index is 2.74. The summed E-state index contributed by atoms with van der Waals surface area (Å²) in [5.74, 6) is -1.03. The van der Waals surface area contributed by atoms with Crippen LogP contribution in [0.5, 0.6) is 0 Å². The van der Waals surface area contributed by atoms with Crippen LogP contribution in [0, 0.1) is 17.6 Å². The summed E-state index contributed by atoms with van der Waals surface area (Å²) >= 11 is 0. The molecular weight excluding hydrogens is 220 g/mol. The molecule has 2 atom stereocenters. The van der Waals surface area contributed by atoms with Gasteiger partial charge in [-0.15, -0.1) is 0 Å². The average Bonchev–Trinajstić information content (AvgIpc) is 2.32. The molecule has 96 valence electrons. The Kier molecular flexibility index (Phi) is 5.56. The molecule has 1 aromatic carbocycles. The summed E-state index contributed by atoms with van der Waals surface area (Å²) in [5.41, 5.74) is 0.843. The van der Waals surface area contributed by atoms with E-state index in [1.807, 2.05) is 0 Å². The second-order valence-corrected chi connectivity index (χ2v) is 4.50. The highest BCUT2D eigenvalue weighted by atomic mass is 19.2. The lowest BCUT2D eigenvalue weighted by Crippen LogP contribution is -2.36. The molecule has 1 N–H and O–H groups in total. The molecule has 0 saturated heterocycles. The van der Waals surface area contributed by atoms with Crippen molar-refractivity contribution in [1.82, 2.24) is 5.32 Å². The van der Waals surface area contributed by atoms with Gasteiger partial charge >= 0.3 is 0 Å². The zero-order valence-corrected chi connectivity index (χ0v) is 10.8. The number of likely N-dealkylation sites (N-methyl/N-ethyl adjacent to an activating group) is 1. The van der Waals surface area contributed by atoms with Crippen LogP contribution in [-0.2, 0) is 6.42 Å². The number of halogens is 2. The Morgan fingerprint density at radius 2 is 1.88 bits per heavy atom. The van der Waals surface area contributed by atoms with Gasteiger partial charge in [0.15, 0.2) is 11.6 Å². The number of hydrogen-bond donors (Lipinski definition) is 1. The minimum Gasteiger partial charge on any atom is -0.314 e. The first-order chi connectivity index (χ1) is 8.08. The average molecular weight is 241 g/mol. The van der Waals surface area contributed by atoms with Crippen molar-refractivity contribution in [2.45, 2.75) is 39.7 Å². The number of rotatable bonds is 6. The molecule has 1 nitrogen and oxygen atoms in total. The van der Waals surface area contributed by atoms with Gasteiger partial charge in [-0.05, 0) is 36.6 Å². The summed E-state index contributed by atoms with van der Waals surface area (Å²) in [7, 11) is 0. The molecule has 1 aromatic rings. The minimum absolute atomic E-state index is 0.315. The molecule has 3 heteroatoms. The quantitative estimate of drug-likeness (QED) is 0.803. The maximum atomic E-state index is 13.1. The highest BCUT2D eigenvalue weighted by Crippen LogP contribution is 2.15. The Bertz CT molecular complexity index is 352. The third-order valence-electron chi connectivity index (χ3n) is 3.24. The highest BCUT2D eigenvalue weighted by Gasteiger charge is 2.15. The molecule has 0 saturated carbocycles. The van der Waals surface area contributed by atoms with E-state index in [4.69, 9.17) is 0 Å². The van der Waals surface area contributed by atoms with E-state index < -0.39 is 11.6 Å². The van der Waals surface area contributed by atoms with E-state index in [9.17, 15) is 8.78 Å². The van der Waals surface area contributed by atoms with Crippen LogP contribution >= 0.6 is 0 Å². The van der Waals surface area contributed by atoms with E-state index >= 15 is 0 Å². The van der Waals surface area contributed by atoms with Crippen LogP contribution in [0.3, 0.4) is 0 Å². The first-order valence-corrected chi connectivity index (χ1v) is 6.25. The molecule has 0 fully saturated rings. The minimum atomic E-state index is -0.780. The summed E-state index contributed by atoms with van der Waals surface area (Å²) < 4.78 is 25.9. The van der Waals surface area contributed by atoms with Crippen LogP contribution in [0.25, 0.3) is 0 Å². The molecular formula is C14H21F2N. The molecule has 1 rings (SSSR count). The Hall–Kier alpha value is -0.960. The van der Waals surface area contributed by atoms with Gasteiger partial charge in [-0.25, -0.2) is 8.78 Å². The van der Waals surface area contributed by atoms with E-state index in [0.29, 0.717) is 12.0 Å². The van der Waals surface area contributed by atoms with Crippen LogP contribution in [0.15, 0.2) is 18.2 Å². The van der Waals surface area contributed by atoms with Gasteiger partial charge in [0.2, 0.25) is 0 Å². The Morgan fingerprint density at radius 1 is 1.18 bits per heavy atom. The van der Waals surface area contributed by atoms with Crippen molar-refractivity contribution in [2.24, 2.45) is 5.92 Å². The molecule has 0 aliphatic rings. The highest BCUT2D eigenvalue weighted by molar-refractivity contribution is 5.19. The van der Waals surface area contributed by atoms with Crippen molar-refractivity contribution in [2.75, 3.05) is 6.54 Å². The number of hydrogen-bond acceptors (Lipinski definition) is 1. The lowest BCUT2D eigenvalue weighted by molar-refractivity contribution is 0.370. The van der Waals surface area contributed by atoms with Gasteiger partial charge in [-0.3, -0.25) is 0 Å². The maximum Gasteiger partial charge on any atom is 0.159 e. The van der Waals surface area contributed by atoms with E-state index in [1.54, 1.807) is 6.07 Å². The molecule has 17 heavy (non-hydrogen) atoms. The van der Waals surface area contributed by atoms with Crippen LogP contribution in [-0.4, -0.2) is 12.6 Å². The van der Waals surface area contributed by atoms with Crippen LogP contribution < -0.4 is 5.32 Å². The molecule has 0 radical (unpaired) electrons. The second-order valence-electron chi connectivity index (χ2n) is 4.50. The molecule has 0 aliphatic carbocycles. The zero-order valence-electron chi connectivity index (χ0n) is 10.8. The predicted molar refractivity (Wildman–Crippen MR) is 67.0 cm³/mol. The molecule has 0 spiro atoms. The summed E-state index contributed by atoms with van der Waals surface area (Å²) in [5, 5.41) is 3.40. The first-order valence-electron chi connectivity index (χ1n) is 6.25. The van der Waals surface area contributed by atoms with Crippen molar-refractivity contribution in [3.8, 4) is 0 Å². The molecule has 0 amide bonds. The van der Waals surface area contributed by atoms with Gasteiger partial charge in [0, 0.05) is 6.04 Å². The second kappa shape index (κ2) is 6.70. The fourth-order valence-corrected chi connectivity index (χ4v) is 1.94. The lowest BCUT2D eigenvalue weighted by atomic mass is 9.93. The van der Waals surface area contributed by atoms with E-state index in [1.165, 1.54) is 12.1 Å². The smallest absolute Gasteiger partial charge is 0.159 e. The van der Waals surface area contributed by atoms with Crippen molar-refractivity contribution in [1.29, 1.82) is 0 Å². The number of nitrogens with one attached hydrogen (secondary N) is 1. The Labute approximate surface area is 102 Å². The van der Waals surface area contributed by atoms with Crippen molar-refractivity contribution >= 4 is 0 Å². The summed E-state index contributed by atoms with van der Waals surface area (Å²) in [4.78, 5) is 0. The molecule has 2 unspecified atom stereocenters. The van der Waals surface area contributed by atoms with E-state index in [2.05, 4.69) is 26.1 Å². The fourth-order valence-electron chi connectivity index (χ4n) is 1.94. The predicted octanol–water partition coefficient (Wildman–Crippen LogP) is 3.53. The summed E-state index contributed by atoms with van der Waals surface area (Å²) in [6.07, 6.45) is 1.81. The molecule has 0 aromatic heterocycles. The zero-order chi connectivity index (χ0) is 12.8. The number of benzene rings is 1. The monoisotopic (exact) mass is 241 g/mol. The maximum absolute atomic E-state index is 13.1. The SMILES string of the molecule is CCNC(Cc1ccc(F)c(F)c1)C(C)CC. The normalized spacial score (nSPS) is 14.6. The van der Waals surface area contributed by atoms with Gasteiger partial charge in [-0.2, -0.15) is 0 Å². The third-order valence-corrected chi connectivity index (χ3v) is 3.24. The Morgan fingerprint density at radius 3 is 2.41 bits per heavy atom. The topological polar surface area (TPSA) is 12.0 Å². The van der Waals surface area contributed by atoms with Gasteiger partial charge in [-0.1, -0.05) is 33.3 Å². The van der Waals surface area contributed by atoms with E-state index in [-0.39, 0.29) is 0 Å². The van der Waals surface area contributed by atoms with Crippen molar-refractivity contribution < 1.29 is 8.78 Å².